The summed E-state index contributed by atoms with van der Waals surface area (Å²) in [7, 11) is 0. The predicted octanol–water partition coefficient (Wildman–Crippen LogP) is 6.39. The number of hydrazine groups is 1. The van der Waals surface area contributed by atoms with Gasteiger partial charge >= 0.3 is 0 Å². The third-order valence-corrected chi connectivity index (χ3v) is 10.1. The van der Waals surface area contributed by atoms with E-state index in [-0.39, 0.29) is 29.5 Å². The zero-order valence-electron chi connectivity index (χ0n) is 20.9. The van der Waals surface area contributed by atoms with Gasteiger partial charge in [-0.1, -0.05) is 27.7 Å². The van der Waals surface area contributed by atoms with Crippen LogP contribution < -0.4 is 10.2 Å². The van der Waals surface area contributed by atoms with E-state index >= 15 is 0 Å². The van der Waals surface area contributed by atoms with Crippen LogP contribution in [0.1, 0.15) is 49.7 Å². The molecule has 202 valence electrons. The standard InChI is InChI=1S/C28H26BrN3O5S2/c29-21-3-6-23(37-15-16-1-4-22(5-2-16)32(35)36)20(10-21)11-24-25(33)31(27(38)39-24)30-26(34)28-12-17-7-18(13-28)9-19(8-17)14-28/h1-6,10-11,17-19H,7-9,12-15H2,(H,30,34). The maximum Gasteiger partial charge on any atom is 0.285 e. The number of nitro groups is 1. The Morgan fingerprint density at radius 3 is 2.41 bits per heavy atom. The SMILES string of the molecule is O=C1C(=Cc2cc(Br)ccc2OCc2ccc([N+](=O)[O-])cc2)SC(=S)N1NC(=O)C12CC3CC(CC(C3)C1)C2. The van der Waals surface area contributed by atoms with Gasteiger partial charge in [0.25, 0.3) is 11.6 Å². The molecule has 0 spiro atoms. The number of carbonyl (C=O) groups excluding carboxylic acids is 2. The molecule has 0 aromatic heterocycles. The lowest BCUT2D eigenvalue weighted by atomic mass is 9.49. The summed E-state index contributed by atoms with van der Waals surface area (Å²) >= 11 is 10.1. The molecule has 0 radical (unpaired) electrons. The monoisotopic (exact) mass is 627 g/mol. The van der Waals surface area contributed by atoms with Gasteiger partial charge in [-0.3, -0.25) is 25.1 Å². The number of amides is 2. The molecule has 4 bridgehead atoms. The summed E-state index contributed by atoms with van der Waals surface area (Å²) in [5, 5.41) is 12.1. The number of nitrogens with one attached hydrogen (secondary N) is 1. The molecule has 8 nitrogen and oxygen atoms in total. The molecule has 11 heteroatoms. The number of halogens is 1. The normalized spacial score (nSPS) is 28.3. The van der Waals surface area contributed by atoms with Crippen LogP contribution in [0.25, 0.3) is 6.08 Å². The lowest BCUT2D eigenvalue weighted by Crippen LogP contribution is -2.57. The smallest absolute Gasteiger partial charge is 0.285 e. The van der Waals surface area contributed by atoms with E-state index in [9.17, 15) is 19.7 Å². The van der Waals surface area contributed by atoms with Crippen molar-refractivity contribution < 1.29 is 19.2 Å². The van der Waals surface area contributed by atoms with Crippen molar-refractivity contribution in [1.82, 2.24) is 10.4 Å². The number of non-ortho nitro benzene ring substituents is 1. The highest BCUT2D eigenvalue weighted by Gasteiger charge is 2.55. The fourth-order valence-electron chi connectivity index (χ4n) is 6.95. The van der Waals surface area contributed by atoms with Crippen molar-refractivity contribution in [2.45, 2.75) is 45.1 Å². The van der Waals surface area contributed by atoms with Gasteiger partial charge in [0.15, 0.2) is 4.32 Å². The van der Waals surface area contributed by atoms with Gasteiger partial charge in [0.1, 0.15) is 12.4 Å². The minimum atomic E-state index is -0.445. The van der Waals surface area contributed by atoms with Crippen molar-refractivity contribution >= 4 is 67.8 Å². The molecule has 5 aliphatic rings. The first-order valence-electron chi connectivity index (χ1n) is 12.9. The van der Waals surface area contributed by atoms with Gasteiger partial charge in [0.2, 0.25) is 5.91 Å². The van der Waals surface area contributed by atoms with Gasteiger partial charge in [-0.05, 0) is 110 Å². The number of nitro benzene ring substituents is 1. The lowest BCUT2D eigenvalue weighted by molar-refractivity contribution is -0.384. The van der Waals surface area contributed by atoms with Crippen LogP contribution in [0.15, 0.2) is 51.8 Å². The summed E-state index contributed by atoms with van der Waals surface area (Å²) in [4.78, 5) is 37.8. The molecule has 2 amide bonds. The number of ether oxygens (including phenoxy) is 1. The maximum absolute atomic E-state index is 13.5. The Kier molecular flexibility index (Phi) is 7.01. The molecule has 1 heterocycles. The molecule has 0 atom stereocenters. The Hall–Kier alpha value is -2.76. The quantitative estimate of drug-likeness (QED) is 0.164. The fourth-order valence-corrected chi connectivity index (χ4v) is 8.50. The van der Waals surface area contributed by atoms with Crippen LogP contribution in [0, 0.1) is 33.3 Å². The number of hydrogen-bond donors (Lipinski definition) is 1. The molecule has 7 rings (SSSR count). The molecule has 39 heavy (non-hydrogen) atoms. The Morgan fingerprint density at radius 1 is 1.15 bits per heavy atom. The molecule has 2 aromatic carbocycles. The molecule has 1 N–H and O–H groups in total. The second-order valence-corrected chi connectivity index (χ2v) is 13.6. The van der Waals surface area contributed by atoms with Gasteiger partial charge in [0.05, 0.1) is 15.2 Å². The van der Waals surface area contributed by atoms with Crippen LogP contribution >= 0.6 is 39.9 Å². The molecule has 1 aliphatic heterocycles. The number of benzene rings is 2. The second kappa shape index (κ2) is 10.3. The lowest BCUT2D eigenvalue weighted by Gasteiger charge is -2.55. The van der Waals surface area contributed by atoms with E-state index in [2.05, 4.69) is 21.4 Å². The number of hydrogen-bond acceptors (Lipinski definition) is 7. The highest BCUT2D eigenvalue weighted by atomic mass is 79.9. The molecular formula is C28H26BrN3O5S2. The van der Waals surface area contributed by atoms with E-state index in [0.717, 1.165) is 41.1 Å². The van der Waals surface area contributed by atoms with Crippen LogP contribution in [0.2, 0.25) is 0 Å². The van der Waals surface area contributed by atoms with Crippen LogP contribution in [0.3, 0.4) is 0 Å². The third-order valence-electron chi connectivity index (χ3n) is 8.33. The van der Waals surface area contributed by atoms with Crippen molar-refractivity contribution in [1.29, 1.82) is 0 Å². The minimum absolute atomic E-state index is 0.0143. The van der Waals surface area contributed by atoms with Crippen molar-refractivity contribution in [3.8, 4) is 5.75 Å². The highest BCUT2D eigenvalue weighted by molar-refractivity contribution is 9.10. The topological polar surface area (TPSA) is 102 Å². The summed E-state index contributed by atoms with van der Waals surface area (Å²) < 4.78 is 7.11. The minimum Gasteiger partial charge on any atom is -0.488 e. The summed E-state index contributed by atoms with van der Waals surface area (Å²) in [5.74, 6) is 1.97. The molecular weight excluding hydrogens is 602 g/mol. The Morgan fingerprint density at radius 2 is 1.79 bits per heavy atom. The highest BCUT2D eigenvalue weighted by Crippen LogP contribution is 2.60. The average molecular weight is 629 g/mol. The molecule has 4 saturated carbocycles. The maximum atomic E-state index is 13.5. The average Bonchev–Trinajstić information content (AvgIpc) is 3.15. The van der Waals surface area contributed by atoms with Crippen LogP contribution in [0.4, 0.5) is 5.69 Å². The second-order valence-electron chi connectivity index (χ2n) is 11.1. The first-order valence-corrected chi connectivity index (χ1v) is 15.0. The molecule has 1 saturated heterocycles. The Bertz CT molecular complexity index is 1380. The number of rotatable bonds is 7. The van der Waals surface area contributed by atoms with Crippen molar-refractivity contribution in [2.24, 2.45) is 23.2 Å². The fraction of sp³-hybridized carbons (Fsp3) is 0.393. The van der Waals surface area contributed by atoms with E-state index in [4.69, 9.17) is 17.0 Å². The van der Waals surface area contributed by atoms with Crippen LogP contribution in [0.5, 0.6) is 5.75 Å². The molecule has 2 aromatic rings. The van der Waals surface area contributed by atoms with Crippen LogP contribution in [-0.2, 0) is 16.2 Å². The van der Waals surface area contributed by atoms with Crippen molar-refractivity contribution in [3.63, 3.8) is 0 Å². The van der Waals surface area contributed by atoms with E-state index < -0.39 is 4.92 Å². The summed E-state index contributed by atoms with van der Waals surface area (Å²) in [6.07, 6.45) is 8.13. The Labute approximate surface area is 243 Å². The van der Waals surface area contributed by atoms with E-state index in [1.807, 2.05) is 12.1 Å². The molecule has 4 aliphatic carbocycles. The molecule has 5 fully saturated rings. The predicted molar refractivity (Wildman–Crippen MR) is 155 cm³/mol. The van der Waals surface area contributed by atoms with Gasteiger partial charge in [-0.25, -0.2) is 0 Å². The zero-order chi connectivity index (χ0) is 27.3. The summed E-state index contributed by atoms with van der Waals surface area (Å²) in [6, 6.07) is 11.6. The van der Waals surface area contributed by atoms with E-state index in [1.54, 1.807) is 24.3 Å². The largest absolute Gasteiger partial charge is 0.488 e. The van der Waals surface area contributed by atoms with Gasteiger partial charge in [-0.15, -0.1) is 0 Å². The molecule has 0 unspecified atom stereocenters. The number of nitrogens with zero attached hydrogens (tertiary/aromatic N) is 2. The van der Waals surface area contributed by atoms with Crippen molar-refractivity contribution in [2.75, 3.05) is 0 Å². The summed E-state index contributed by atoms with van der Waals surface area (Å²) in [6.45, 7) is 0.197. The Balaban J connectivity index is 1.17. The first-order chi connectivity index (χ1) is 18.7. The van der Waals surface area contributed by atoms with E-state index in [1.165, 1.54) is 36.4 Å². The number of thioether (sulfide) groups is 1. The number of thiocarbonyl (C=S) groups is 1. The van der Waals surface area contributed by atoms with Gasteiger partial charge in [-0.2, -0.15) is 5.01 Å². The zero-order valence-corrected chi connectivity index (χ0v) is 24.1. The van der Waals surface area contributed by atoms with Crippen LogP contribution in [-0.4, -0.2) is 26.1 Å². The van der Waals surface area contributed by atoms with Crippen molar-refractivity contribution in [3.05, 3.63) is 73.1 Å². The summed E-state index contributed by atoms with van der Waals surface area (Å²) in [5.41, 5.74) is 3.96. The van der Waals surface area contributed by atoms with Gasteiger partial charge in [0, 0.05) is 22.2 Å². The van der Waals surface area contributed by atoms with Gasteiger partial charge < -0.3 is 4.74 Å². The first kappa shape index (κ1) is 26.5. The third kappa shape index (κ3) is 5.24. The van der Waals surface area contributed by atoms with E-state index in [0.29, 0.717) is 38.3 Å². The number of carbonyl (C=O) groups is 2.